The SMILES string of the molecule is CCN(CCCNC(=NC)NCCc1cccs1)S(C)(=O)=O.I. The average Bonchev–Trinajstić information content (AvgIpc) is 2.97. The highest BCUT2D eigenvalue weighted by molar-refractivity contribution is 14.0. The van der Waals surface area contributed by atoms with Gasteiger partial charge in [-0.05, 0) is 24.3 Å². The maximum Gasteiger partial charge on any atom is 0.211 e. The first-order valence-electron chi connectivity index (χ1n) is 7.39. The van der Waals surface area contributed by atoms with Gasteiger partial charge in [-0.1, -0.05) is 13.0 Å². The predicted molar refractivity (Wildman–Crippen MR) is 110 cm³/mol. The first-order valence-corrected chi connectivity index (χ1v) is 10.1. The second kappa shape index (κ2) is 12.0. The van der Waals surface area contributed by atoms with Crippen LogP contribution >= 0.6 is 35.3 Å². The number of rotatable bonds is 9. The van der Waals surface area contributed by atoms with E-state index in [1.165, 1.54) is 15.4 Å². The number of nitrogens with zero attached hydrogens (tertiary/aromatic N) is 2. The van der Waals surface area contributed by atoms with Crippen LogP contribution in [0.15, 0.2) is 22.5 Å². The molecule has 0 saturated heterocycles. The van der Waals surface area contributed by atoms with Crippen molar-refractivity contribution in [3.8, 4) is 0 Å². The zero-order valence-electron chi connectivity index (χ0n) is 13.9. The molecule has 0 radical (unpaired) electrons. The fourth-order valence-electron chi connectivity index (χ4n) is 2.00. The van der Waals surface area contributed by atoms with Gasteiger partial charge in [-0.2, -0.15) is 0 Å². The Labute approximate surface area is 160 Å². The van der Waals surface area contributed by atoms with Gasteiger partial charge in [0.25, 0.3) is 0 Å². The maximum atomic E-state index is 11.5. The van der Waals surface area contributed by atoms with Gasteiger partial charge in [0.15, 0.2) is 5.96 Å². The molecule has 0 atom stereocenters. The second-order valence-corrected chi connectivity index (χ2v) is 7.88. The lowest BCUT2D eigenvalue weighted by molar-refractivity contribution is 0.424. The smallest absolute Gasteiger partial charge is 0.211 e. The normalized spacial score (nSPS) is 12.1. The van der Waals surface area contributed by atoms with Crippen LogP contribution in [0.3, 0.4) is 0 Å². The summed E-state index contributed by atoms with van der Waals surface area (Å²) in [5.41, 5.74) is 0. The summed E-state index contributed by atoms with van der Waals surface area (Å²) in [6, 6.07) is 4.17. The van der Waals surface area contributed by atoms with Gasteiger partial charge in [-0.15, -0.1) is 35.3 Å². The van der Waals surface area contributed by atoms with E-state index in [0.717, 1.165) is 25.3 Å². The van der Waals surface area contributed by atoms with E-state index in [1.54, 1.807) is 18.4 Å². The highest BCUT2D eigenvalue weighted by Crippen LogP contribution is 2.07. The molecule has 1 aromatic rings. The zero-order chi connectivity index (χ0) is 16.4. The van der Waals surface area contributed by atoms with Crippen LogP contribution in [0.1, 0.15) is 18.2 Å². The van der Waals surface area contributed by atoms with Crippen molar-refractivity contribution in [3.63, 3.8) is 0 Å². The summed E-state index contributed by atoms with van der Waals surface area (Å²) in [5.74, 6) is 0.749. The molecule has 0 aromatic carbocycles. The first kappa shape index (κ1) is 22.6. The molecule has 1 rings (SSSR count). The number of hydrogen-bond acceptors (Lipinski definition) is 4. The summed E-state index contributed by atoms with van der Waals surface area (Å²) in [6.07, 6.45) is 2.96. The maximum absolute atomic E-state index is 11.5. The molecule has 0 amide bonds. The highest BCUT2D eigenvalue weighted by Gasteiger charge is 2.13. The fourth-order valence-corrected chi connectivity index (χ4v) is 3.64. The van der Waals surface area contributed by atoms with Crippen LogP contribution < -0.4 is 10.6 Å². The van der Waals surface area contributed by atoms with E-state index in [0.29, 0.717) is 19.6 Å². The summed E-state index contributed by atoms with van der Waals surface area (Å²) in [6.45, 7) is 4.38. The Morgan fingerprint density at radius 3 is 2.57 bits per heavy atom. The Morgan fingerprint density at radius 1 is 1.35 bits per heavy atom. The van der Waals surface area contributed by atoms with Crippen LogP contribution in [0.2, 0.25) is 0 Å². The molecule has 9 heteroatoms. The molecule has 0 unspecified atom stereocenters. The standard InChI is InChI=1S/C14H26N4O2S2.HI/c1-4-18(22(3,19)20)11-6-9-16-14(15-2)17-10-8-13-7-5-12-21-13;/h5,7,12H,4,6,8-11H2,1-3H3,(H2,15,16,17);1H. The van der Waals surface area contributed by atoms with Crippen molar-refractivity contribution in [2.45, 2.75) is 19.8 Å². The minimum atomic E-state index is -3.10. The molecule has 1 aromatic heterocycles. The number of nitrogens with one attached hydrogen (secondary N) is 2. The summed E-state index contributed by atoms with van der Waals surface area (Å²) < 4.78 is 24.4. The van der Waals surface area contributed by atoms with Gasteiger partial charge in [0.2, 0.25) is 10.0 Å². The zero-order valence-corrected chi connectivity index (χ0v) is 17.9. The first-order chi connectivity index (χ1) is 10.5. The number of hydrogen-bond donors (Lipinski definition) is 2. The van der Waals surface area contributed by atoms with E-state index in [1.807, 2.05) is 13.0 Å². The van der Waals surface area contributed by atoms with Gasteiger partial charge < -0.3 is 10.6 Å². The molecule has 0 spiro atoms. The molecule has 0 fully saturated rings. The molecule has 134 valence electrons. The molecular weight excluding hydrogens is 447 g/mol. The predicted octanol–water partition coefficient (Wildman–Crippen LogP) is 1.75. The van der Waals surface area contributed by atoms with E-state index in [4.69, 9.17) is 0 Å². The number of thiophene rings is 1. The van der Waals surface area contributed by atoms with Crippen LogP contribution in [0.25, 0.3) is 0 Å². The monoisotopic (exact) mass is 474 g/mol. The van der Waals surface area contributed by atoms with E-state index >= 15 is 0 Å². The lowest BCUT2D eigenvalue weighted by atomic mass is 10.3. The Bertz CT molecular complexity index is 547. The molecule has 0 aliphatic rings. The van der Waals surface area contributed by atoms with Crippen molar-refractivity contribution >= 4 is 51.3 Å². The number of aliphatic imine (C=N–C) groups is 1. The summed E-state index contributed by atoms with van der Waals surface area (Å²) in [4.78, 5) is 5.50. The third-order valence-corrected chi connectivity index (χ3v) is 5.48. The summed E-state index contributed by atoms with van der Waals surface area (Å²) >= 11 is 1.75. The number of sulfonamides is 1. The lowest BCUT2D eigenvalue weighted by Crippen LogP contribution is -2.40. The molecule has 0 aliphatic heterocycles. The number of halogens is 1. The Hall–Kier alpha value is -0.390. The Kier molecular flexibility index (Phi) is 11.8. The van der Waals surface area contributed by atoms with E-state index in [9.17, 15) is 8.42 Å². The topological polar surface area (TPSA) is 73.8 Å². The molecule has 2 N–H and O–H groups in total. The van der Waals surface area contributed by atoms with Crippen LogP contribution in [-0.2, 0) is 16.4 Å². The van der Waals surface area contributed by atoms with Crippen molar-refractivity contribution in [2.75, 3.05) is 39.5 Å². The van der Waals surface area contributed by atoms with E-state index in [2.05, 4.69) is 27.1 Å². The molecule has 0 saturated carbocycles. The summed E-state index contributed by atoms with van der Waals surface area (Å²) in [5, 5.41) is 8.53. The minimum Gasteiger partial charge on any atom is -0.356 e. The van der Waals surface area contributed by atoms with Gasteiger partial charge in [-0.25, -0.2) is 12.7 Å². The largest absolute Gasteiger partial charge is 0.356 e. The molecule has 0 aliphatic carbocycles. The third kappa shape index (κ3) is 9.48. The van der Waals surface area contributed by atoms with Crippen LogP contribution in [0, 0.1) is 0 Å². The Balaban J connectivity index is 0.00000484. The van der Waals surface area contributed by atoms with Crippen molar-refractivity contribution in [2.24, 2.45) is 4.99 Å². The highest BCUT2D eigenvalue weighted by atomic mass is 127. The van der Waals surface area contributed by atoms with E-state index < -0.39 is 10.0 Å². The van der Waals surface area contributed by atoms with E-state index in [-0.39, 0.29) is 24.0 Å². The van der Waals surface area contributed by atoms with Crippen molar-refractivity contribution in [1.82, 2.24) is 14.9 Å². The van der Waals surface area contributed by atoms with Crippen molar-refractivity contribution in [1.29, 1.82) is 0 Å². The minimum absolute atomic E-state index is 0. The van der Waals surface area contributed by atoms with Gasteiger partial charge >= 0.3 is 0 Å². The van der Waals surface area contributed by atoms with Crippen molar-refractivity contribution in [3.05, 3.63) is 22.4 Å². The number of guanidine groups is 1. The third-order valence-electron chi connectivity index (χ3n) is 3.17. The van der Waals surface area contributed by atoms with Gasteiger partial charge in [0.05, 0.1) is 6.26 Å². The molecular formula is C14H27IN4O2S2. The summed E-state index contributed by atoms with van der Waals surface area (Å²) in [7, 11) is -1.37. The molecule has 1 heterocycles. The van der Waals surface area contributed by atoms with Crippen LogP contribution in [0.5, 0.6) is 0 Å². The lowest BCUT2D eigenvalue weighted by Gasteiger charge is -2.18. The van der Waals surface area contributed by atoms with Crippen molar-refractivity contribution < 1.29 is 8.42 Å². The van der Waals surface area contributed by atoms with Crippen LogP contribution in [0.4, 0.5) is 0 Å². The van der Waals surface area contributed by atoms with Gasteiger partial charge in [0, 0.05) is 38.1 Å². The van der Waals surface area contributed by atoms with Crippen LogP contribution in [-0.4, -0.2) is 58.2 Å². The second-order valence-electron chi connectivity index (χ2n) is 4.86. The average molecular weight is 474 g/mol. The Morgan fingerprint density at radius 2 is 2.04 bits per heavy atom. The van der Waals surface area contributed by atoms with Gasteiger partial charge in [0.1, 0.15) is 0 Å². The molecule has 6 nitrogen and oxygen atoms in total. The van der Waals surface area contributed by atoms with Gasteiger partial charge in [-0.3, -0.25) is 4.99 Å². The fraction of sp³-hybridized carbons (Fsp3) is 0.643. The quantitative estimate of drug-likeness (QED) is 0.248. The molecule has 0 bridgehead atoms. The molecule has 23 heavy (non-hydrogen) atoms.